The number of hydrogen-bond donors (Lipinski definition) is 1. The van der Waals surface area contributed by atoms with E-state index in [0.717, 1.165) is 29.6 Å². The molecule has 24 heavy (non-hydrogen) atoms. The number of para-hydroxylation sites is 1. The van der Waals surface area contributed by atoms with Gasteiger partial charge >= 0.3 is 0 Å². The van der Waals surface area contributed by atoms with Gasteiger partial charge in [0.15, 0.2) is 0 Å². The fraction of sp³-hybridized carbons (Fsp3) is 0.188. The molecule has 0 saturated carbocycles. The van der Waals surface area contributed by atoms with E-state index in [4.69, 9.17) is 11.6 Å². The number of sulfonamides is 1. The first-order chi connectivity index (χ1) is 11.4. The van der Waals surface area contributed by atoms with E-state index < -0.39 is 10.0 Å². The maximum absolute atomic E-state index is 11.9. The minimum Gasteiger partial charge on any atom is -0.260 e. The first-order valence-electron chi connectivity index (χ1n) is 7.12. The molecule has 5 nitrogen and oxygen atoms in total. The Balaban J connectivity index is 1.96. The van der Waals surface area contributed by atoms with Crippen LogP contribution in [0.5, 0.6) is 0 Å². The first kappa shape index (κ1) is 18.8. The molecule has 0 aromatic heterocycles. The Labute approximate surface area is 152 Å². The zero-order valence-corrected chi connectivity index (χ0v) is 15.7. The lowest BCUT2D eigenvalue weighted by molar-refractivity contribution is 0.604. The normalized spacial score (nSPS) is 11.8. The minimum atomic E-state index is -3.40. The Hall–Kier alpha value is -1.54. The summed E-state index contributed by atoms with van der Waals surface area (Å²) in [7, 11) is -3.40. The Bertz CT molecular complexity index is 811. The number of benzene rings is 2. The summed E-state index contributed by atoms with van der Waals surface area (Å²) in [6.07, 6.45) is 2.84. The quantitative estimate of drug-likeness (QED) is 0.446. The van der Waals surface area contributed by atoms with E-state index in [-0.39, 0.29) is 0 Å². The van der Waals surface area contributed by atoms with Crippen molar-refractivity contribution in [1.29, 1.82) is 0 Å². The summed E-state index contributed by atoms with van der Waals surface area (Å²) in [5.74, 6) is 0. The van der Waals surface area contributed by atoms with Crippen LogP contribution in [-0.4, -0.2) is 27.4 Å². The van der Waals surface area contributed by atoms with Gasteiger partial charge in [0.1, 0.15) is 0 Å². The lowest BCUT2D eigenvalue weighted by Crippen LogP contribution is -2.27. The second-order valence-electron chi connectivity index (χ2n) is 5.01. The smallest absolute Gasteiger partial charge is 0.242 e. The Kier molecular flexibility index (Phi) is 6.68. The zero-order chi connectivity index (χ0) is 17.6. The topological polar surface area (TPSA) is 61.8 Å². The molecule has 2 aromatic carbocycles. The fourth-order valence-electron chi connectivity index (χ4n) is 1.86. The van der Waals surface area contributed by atoms with E-state index in [2.05, 4.69) is 9.71 Å². The fourth-order valence-corrected chi connectivity index (χ4v) is 3.72. The van der Waals surface area contributed by atoms with Gasteiger partial charge < -0.3 is 0 Å². The van der Waals surface area contributed by atoms with Gasteiger partial charge in [0.2, 0.25) is 10.0 Å². The second-order valence-corrected chi connectivity index (χ2v) is 8.34. The molecule has 0 bridgehead atoms. The molecule has 2 rings (SSSR count). The van der Waals surface area contributed by atoms with Crippen LogP contribution < -0.4 is 8.43 Å². The highest BCUT2D eigenvalue weighted by Gasteiger charge is 2.17. The highest BCUT2D eigenvalue weighted by Crippen LogP contribution is 2.24. The molecule has 0 atom stereocenters. The molecule has 0 fully saturated rings. The molecule has 2 aromatic rings. The summed E-state index contributed by atoms with van der Waals surface area (Å²) in [4.78, 5) is 4.35. The summed E-state index contributed by atoms with van der Waals surface area (Å²) in [5.41, 5.74) is 2.39. The minimum absolute atomic E-state index is 0.398. The van der Waals surface area contributed by atoms with Crippen LogP contribution in [-0.2, 0) is 10.0 Å². The van der Waals surface area contributed by atoms with Crippen molar-refractivity contribution < 1.29 is 8.42 Å². The summed E-state index contributed by atoms with van der Waals surface area (Å²) < 4.78 is 28.0. The van der Waals surface area contributed by atoms with Crippen molar-refractivity contribution in [2.45, 2.75) is 6.92 Å². The van der Waals surface area contributed by atoms with Crippen molar-refractivity contribution in [2.75, 3.05) is 16.5 Å². The number of anilines is 1. The van der Waals surface area contributed by atoms with Crippen molar-refractivity contribution in [2.24, 2.45) is 4.99 Å². The summed E-state index contributed by atoms with van der Waals surface area (Å²) in [6, 6.07) is 14.4. The molecule has 0 heterocycles. The number of nitrogens with one attached hydrogen (secondary N) is 1. The monoisotopic (exact) mass is 383 g/mol. The lowest BCUT2D eigenvalue weighted by Gasteiger charge is -2.20. The van der Waals surface area contributed by atoms with Crippen LogP contribution in [0, 0.1) is 6.92 Å². The van der Waals surface area contributed by atoms with Gasteiger partial charge in [0.25, 0.3) is 0 Å². The van der Waals surface area contributed by atoms with Gasteiger partial charge in [0, 0.05) is 17.8 Å². The molecule has 0 aliphatic rings. The van der Waals surface area contributed by atoms with Gasteiger partial charge in [-0.15, -0.1) is 0 Å². The largest absolute Gasteiger partial charge is 0.260 e. The number of nitrogens with zero attached hydrogens (tertiary/aromatic N) is 2. The van der Waals surface area contributed by atoms with Crippen LogP contribution in [0.25, 0.3) is 0 Å². The second kappa shape index (κ2) is 8.53. The SMILES string of the molecule is Cc1ccc(Cl)cc1N=CCNSN(c1ccccc1)S(C)(=O)=O. The maximum Gasteiger partial charge on any atom is 0.242 e. The standard InChI is InChI=1S/C16H18ClN3O2S2/c1-13-8-9-14(17)12-16(13)18-10-11-19-23-20(24(2,21)22)15-6-4-3-5-7-15/h3-10,12,19H,11H2,1-2H3. The Morgan fingerprint density at radius 1 is 1.25 bits per heavy atom. The Morgan fingerprint density at radius 3 is 2.62 bits per heavy atom. The molecule has 0 radical (unpaired) electrons. The number of aliphatic imine (C=N–C) groups is 1. The van der Waals surface area contributed by atoms with Gasteiger partial charge in [-0.3, -0.25) is 4.99 Å². The molecule has 0 aliphatic carbocycles. The van der Waals surface area contributed by atoms with Crippen molar-refractivity contribution >= 4 is 51.3 Å². The summed E-state index contributed by atoms with van der Waals surface area (Å²) >= 11 is 6.95. The number of aryl methyl sites for hydroxylation is 1. The summed E-state index contributed by atoms with van der Waals surface area (Å²) in [5, 5.41) is 0.627. The third-order valence-electron chi connectivity index (χ3n) is 2.99. The highest BCUT2D eigenvalue weighted by molar-refractivity contribution is 8.13. The average molecular weight is 384 g/mol. The number of rotatable bonds is 7. The van der Waals surface area contributed by atoms with Gasteiger partial charge in [-0.2, -0.15) is 3.71 Å². The molecule has 0 saturated heterocycles. The van der Waals surface area contributed by atoms with Crippen molar-refractivity contribution in [1.82, 2.24) is 4.72 Å². The maximum atomic E-state index is 11.9. The van der Waals surface area contributed by atoms with E-state index in [1.807, 2.05) is 25.1 Å². The molecule has 128 valence electrons. The first-order valence-corrected chi connectivity index (χ1v) is 10.1. The van der Waals surface area contributed by atoms with Crippen molar-refractivity contribution in [3.63, 3.8) is 0 Å². The average Bonchev–Trinajstić information content (AvgIpc) is 2.53. The van der Waals surface area contributed by atoms with Crippen LogP contribution in [0.3, 0.4) is 0 Å². The van der Waals surface area contributed by atoms with Crippen LogP contribution in [0.15, 0.2) is 53.5 Å². The van der Waals surface area contributed by atoms with Gasteiger partial charge in [-0.1, -0.05) is 35.9 Å². The van der Waals surface area contributed by atoms with Crippen LogP contribution >= 0.6 is 23.7 Å². The molecular weight excluding hydrogens is 366 g/mol. The molecule has 0 spiro atoms. The molecule has 1 N–H and O–H groups in total. The zero-order valence-electron chi connectivity index (χ0n) is 13.3. The lowest BCUT2D eigenvalue weighted by atomic mass is 10.2. The van der Waals surface area contributed by atoms with Crippen molar-refractivity contribution in [3.05, 3.63) is 59.1 Å². The third kappa shape index (κ3) is 5.52. The van der Waals surface area contributed by atoms with E-state index in [1.165, 1.54) is 3.71 Å². The van der Waals surface area contributed by atoms with Gasteiger partial charge in [-0.25, -0.2) is 13.1 Å². The molecule has 8 heteroatoms. The van der Waals surface area contributed by atoms with E-state index in [1.54, 1.807) is 36.5 Å². The molecule has 0 aliphatic heterocycles. The molecule has 0 unspecified atom stereocenters. The molecular formula is C16H18ClN3O2S2. The van der Waals surface area contributed by atoms with Crippen LogP contribution in [0.2, 0.25) is 5.02 Å². The Morgan fingerprint density at radius 2 is 1.96 bits per heavy atom. The number of halogens is 1. The third-order valence-corrected chi connectivity index (χ3v) is 5.75. The summed E-state index contributed by atoms with van der Waals surface area (Å²) in [6.45, 7) is 2.35. The molecule has 0 amide bonds. The van der Waals surface area contributed by atoms with Crippen LogP contribution in [0.4, 0.5) is 11.4 Å². The van der Waals surface area contributed by atoms with E-state index >= 15 is 0 Å². The predicted octanol–water partition coefficient (Wildman–Crippen LogP) is 3.97. The van der Waals surface area contributed by atoms with Gasteiger partial charge in [0.05, 0.1) is 29.8 Å². The van der Waals surface area contributed by atoms with Crippen LogP contribution in [0.1, 0.15) is 5.56 Å². The van der Waals surface area contributed by atoms with Gasteiger partial charge in [-0.05, 0) is 36.8 Å². The van der Waals surface area contributed by atoms with E-state index in [9.17, 15) is 8.42 Å². The predicted molar refractivity (Wildman–Crippen MR) is 104 cm³/mol. The number of hydrogen-bond acceptors (Lipinski definition) is 5. The van der Waals surface area contributed by atoms with E-state index in [0.29, 0.717) is 17.3 Å². The highest BCUT2D eigenvalue weighted by atomic mass is 35.5. The van der Waals surface area contributed by atoms with Crippen molar-refractivity contribution in [3.8, 4) is 0 Å².